The van der Waals surface area contributed by atoms with Gasteiger partial charge in [-0.25, -0.2) is 0 Å². The number of nitrogens with zero attached hydrogens (tertiary/aromatic N) is 2. The summed E-state index contributed by atoms with van der Waals surface area (Å²) in [7, 11) is 3.23. The second-order valence-electron chi connectivity index (χ2n) is 6.30. The maximum Gasteiger partial charge on any atom is 0.255 e. The van der Waals surface area contributed by atoms with E-state index >= 15 is 0 Å². The molecule has 0 bridgehead atoms. The van der Waals surface area contributed by atoms with Crippen LogP contribution in [0, 0.1) is 25.7 Å². The van der Waals surface area contributed by atoms with E-state index in [4.69, 9.17) is 4.74 Å². The number of nitrogens with one attached hydrogen (secondary N) is 1. The van der Waals surface area contributed by atoms with Gasteiger partial charge in [-0.1, -0.05) is 0 Å². The minimum atomic E-state index is -0.360. The summed E-state index contributed by atoms with van der Waals surface area (Å²) >= 11 is 0. The second kappa shape index (κ2) is 7.81. The van der Waals surface area contributed by atoms with Crippen LogP contribution in [-0.4, -0.2) is 66.8 Å². The molecule has 1 aromatic rings. The highest BCUT2D eigenvalue weighted by Crippen LogP contribution is 2.26. The molecule has 2 rings (SSSR count). The third kappa shape index (κ3) is 3.47. The molecule has 0 aliphatic carbocycles. The molecule has 134 valence electrons. The number of methoxy groups -OCH3 is 1. The number of hydrogen-bond donors (Lipinski definition) is 2. The van der Waals surface area contributed by atoms with E-state index in [9.17, 15) is 14.7 Å². The second-order valence-corrected chi connectivity index (χ2v) is 6.30. The summed E-state index contributed by atoms with van der Waals surface area (Å²) in [4.78, 5) is 26.5. The van der Waals surface area contributed by atoms with Crippen LogP contribution in [0.1, 0.15) is 21.7 Å². The molecule has 0 unspecified atom stereocenters. The number of likely N-dealkylation sites (tertiary alicyclic amines) is 1. The van der Waals surface area contributed by atoms with Gasteiger partial charge in [-0.15, -0.1) is 0 Å². The Morgan fingerprint density at radius 3 is 2.67 bits per heavy atom. The smallest absolute Gasteiger partial charge is 0.255 e. The molecule has 2 atom stereocenters. The number of hydrogen-bond acceptors (Lipinski definition) is 4. The monoisotopic (exact) mass is 337 g/mol. The Balaban J connectivity index is 2.19. The van der Waals surface area contributed by atoms with Crippen LogP contribution in [0.5, 0.6) is 0 Å². The zero-order chi connectivity index (χ0) is 17.9. The first-order valence-electron chi connectivity index (χ1n) is 8.22. The van der Waals surface area contributed by atoms with Gasteiger partial charge >= 0.3 is 0 Å². The molecule has 7 nitrogen and oxygen atoms in total. The maximum absolute atomic E-state index is 12.9. The summed E-state index contributed by atoms with van der Waals surface area (Å²) in [5, 5.41) is 12.1. The standard InChI is InChI=1S/C17H27N3O4/c1-11-7-14(12(2)20(11)5-6-24-4)17(23)19-8-13(10-21)15(9-19)16(22)18-3/h7,13,15,21H,5-6,8-10H2,1-4H3,(H,18,22)/t13-,15+/m0/s1. The van der Waals surface area contributed by atoms with Gasteiger partial charge in [0.1, 0.15) is 0 Å². The summed E-state index contributed by atoms with van der Waals surface area (Å²) in [6.07, 6.45) is 0. The summed E-state index contributed by atoms with van der Waals surface area (Å²) < 4.78 is 7.18. The lowest BCUT2D eigenvalue weighted by Crippen LogP contribution is -2.34. The number of aryl methyl sites for hydroxylation is 1. The number of carbonyl (C=O) groups excluding carboxylic acids is 2. The molecule has 2 heterocycles. The van der Waals surface area contributed by atoms with E-state index < -0.39 is 0 Å². The first-order valence-corrected chi connectivity index (χ1v) is 8.22. The Kier molecular flexibility index (Phi) is 6.01. The normalized spacial score (nSPS) is 20.5. The van der Waals surface area contributed by atoms with Crippen molar-refractivity contribution in [3.8, 4) is 0 Å². The topological polar surface area (TPSA) is 83.8 Å². The zero-order valence-corrected chi connectivity index (χ0v) is 14.8. The third-order valence-corrected chi connectivity index (χ3v) is 4.87. The van der Waals surface area contributed by atoms with Gasteiger partial charge in [0.15, 0.2) is 0 Å². The van der Waals surface area contributed by atoms with Crippen molar-refractivity contribution in [2.24, 2.45) is 11.8 Å². The lowest BCUT2D eigenvalue weighted by molar-refractivity contribution is -0.125. The van der Waals surface area contributed by atoms with Crippen LogP contribution in [0.3, 0.4) is 0 Å². The highest BCUT2D eigenvalue weighted by atomic mass is 16.5. The van der Waals surface area contributed by atoms with Crippen molar-refractivity contribution in [3.63, 3.8) is 0 Å². The van der Waals surface area contributed by atoms with E-state index in [0.29, 0.717) is 31.8 Å². The highest BCUT2D eigenvalue weighted by molar-refractivity contribution is 5.96. The fourth-order valence-corrected chi connectivity index (χ4v) is 3.42. The van der Waals surface area contributed by atoms with E-state index in [1.807, 2.05) is 19.9 Å². The number of ether oxygens (including phenoxy) is 1. The van der Waals surface area contributed by atoms with Gasteiger partial charge in [-0.3, -0.25) is 9.59 Å². The molecule has 24 heavy (non-hydrogen) atoms. The van der Waals surface area contributed by atoms with Gasteiger partial charge < -0.3 is 24.6 Å². The van der Waals surface area contributed by atoms with E-state index in [2.05, 4.69) is 9.88 Å². The van der Waals surface area contributed by atoms with Crippen LogP contribution in [0.4, 0.5) is 0 Å². The minimum absolute atomic E-state index is 0.0865. The van der Waals surface area contributed by atoms with E-state index in [0.717, 1.165) is 11.4 Å². The van der Waals surface area contributed by atoms with Crippen molar-refractivity contribution in [2.45, 2.75) is 20.4 Å². The van der Waals surface area contributed by atoms with E-state index in [-0.39, 0.29) is 30.3 Å². The molecule has 2 N–H and O–H groups in total. The molecule has 0 spiro atoms. The van der Waals surface area contributed by atoms with Crippen LogP contribution in [0.25, 0.3) is 0 Å². The molecule has 1 aromatic heterocycles. The van der Waals surface area contributed by atoms with E-state index in [1.54, 1.807) is 19.1 Å². The van der Waals surface area contributed by atoms with Crippen molar-refractivity contribution in [2.75, 3.05) is 40.5 Å². The van der Waals surface area contributed by atoms with Crippen molar-refractivity contribution in [1.82, 2.24) is 14.8 Å². The Labute approximate surface area is 142 Å². The molecule has 7 heteroatoms. The number of carbonyl (C=O) groups is 2. The first kappa shape index (κ1) is 18.5. The maximum atomic E-state index is 12.9. The van der Waals surface area contributed by atoms with Crippen molar-refractivity contribution in [1.29, 1.82) is 0 Å². The number of aliphatic hydroxyl groups excluding tert-OH is 1. The Morgan fingerprint density at radius 1 is 1.38 bits per heavy atom. The van der Waals surface area contributed by atoms with Crippen molar-refractivity contribution >= 4 is 11.8 Å². The molecule has 2 amide bonds. The molecular weight excluding hydrogens is 310 g/mol. The van der Waals surface area contributed by atoms with Crippen molar-refractivity contribution < 1.29 is 19.4 Å². The summed E-state index contributed by atoms with van der Waals surface area (Å²) in [5.74, 6) is -0.793. The summed E-state index contributed by atoms with van der Waals surface area (Å²) in [6.45, 7) is 5.80. The van der Waals surface area contributed by atoms with Crippen LogP contribution in [0.15, 0.2) is 6.07 Å². The van der Waals surface area contributed by atoms with Gasteiger partial charge in [-0.2, -0.15) is 0 Å². The Morgan fingerprint density at radius 2 is 2.08 bits per heavy atom. The Bertz CT molecular complexity index is 611. The zero-order valence-electron chi connectivity index (χ0n) is 14.8. The molecule has 1 saturated heterocycles. The van der Waals surface area contributed by atoms with Gasteiger partial charge in [-0.05, 0) is 19.9 Å². The minimum Gasteiger partial charge on any atom is -0.396 e. The quantitative estimate of drug-likeness (QED) is 0.775. The first-order chi connectivity index (χ1) is 11.4. The largest absolute Gasteiger partial charge is 0.396 e. The molecular formula is C17H27N3O4. The molecule has 0 saturated carbocycles. The van der Waals surface area contributed by atoms with Crippen molar-refractivity contribution in [3.05, 3.63) is 23.0 Å². The molecule has 1 aliphatic heterocycles. The van der Waals surface area contributed by atoms with Gasteiger partial charge in [0, 0.05) is 57.7 Å². The predicted octanol–water partition coefficient (Wildman–Crippen LogP) is 0.178. The Hall–Kier alpha value is -1.86. The van der Waals surface area contributed by atoms with Gasteiger partial charge in [0.05, 0.1) is 18.1 Å². The molecule has 1 aliphatic rings. The highest BCUT2D eigenvalue weighted by Gasteiger charge is 2.39. The summed E-state index contributed by atoms with van der Waals surface area (Å²) in [6, 6.07) is 1.88. The lowest BCUT2D eigenvalue weighted by atomic mass is 9.96. The van der Waals surface area contributed by atoms with Crippen LogP contribution >= 0.6 is 0 Å². The fraction of sp³-hybridized carbons (Fsp3) is 0.647. The van der Waals surface area contributed by atoms with E-state index in [1.165, 1.54) is 0 Å². The third-order valence-electron chi connectivity index (χ3n) is 4.87. The number of rotatable bonds is 6. The number of aromatic nitrogens is 1. The summed E-state index contributed by atoms with van der Waals surface area (Å²) in [5.41, 5.74) is 2.56. The van der Waals surface area contributed by atoms with Crippen LogP contribution in [0.2, 0.25) is 0 Å². The average molecular weight is 337 g/mol. The molecule has 0 radical (unpaired) electrons. The van der Waals surface area contributed by atoms with Crippen LogP contribution in [-0.2, 0) is 16.1 Å². The SMILES string of the molecule is CNC(=O)[C@@H]1CN(C(=O)c2cc(C)n(CCOC)c2C)C[C@H]1CO. The van der Waals surface area contributed by atoms with Gasteiger partial charge in [0.25, 0.3) is 5.91 Å². The lowest BCUT2D eigenvalue weighted by Gasteiger charge is -2.16. The number of aliphatic hydroxyl groups is 1. The molecule has 0 aromatic carbocycles. The number of amides is 2. The van der Waals surface area contributed by atoms with Crippen LogP contribution < -0.4 is 5.32 Å². The molecule has 1 fully saturated rings. The fourth-order valence-electron chi connectivity index (χ4n) is 3.42. The van der Waals surface area contributed by atoms with Gasteiger partial charge in [0.2, 0.25) is 5.91 Å². The average Bonchev–Trinajstić information content (AvgIpc) is 3.13. The predicted molar refractivity (Wildman–Crippen MR) is 89.8 cm³/mol.